The van der Waals surface area contributed by atoms with Crippen LogP contribution in [-0.4, -0.2) is 30.3 Å². The van der Waals surface area contributed by atoms with Gasteiger partial charge in [0.2, 0.25) is 5.88 Å². The Morgan fingerprint density at radius 3 is 2.42 bits per heavy atom. The molecule has 1 atom stereocenters. The van der Waals surface area contributed by atoms with Gasteiger partial charge in [0.1, 0.15) is 5.82 Å². The van der Waals surface area contributed by atoms with E-state index in [1.54, 1.807) is 13.2 Å². The summed E-state index contributed by atoms with van der Waals surface area (Å²) in [4.78, 5) is 20.5. The van der Waals surface area contributed by atoms with E-state index in [1.807, 2.05) is 20.8 Å². The summed E-state index contributed by atoms with van der Waals surface area (Å²) in [6.07, 6.45) is 0.763. The van der Waals surface area contributed by atoms with E-state index in [4.69, 9.17) is 21.1 Å². The quantitative estimate of drug-likeness (QED) is 0.770. The summed E-state index contributed by atoms with van der Waals surface area (Å²) in [5.74, 6) is 1.20. The van der Waals surface area contributed by atoms with E-state index in [2.05, 4.69) is 9.97 Å². The standard InChI is InChI=1S/C12H21N2O3PS/c1-12(2,3)11-13-9(8-10(14-11)16-4)6-7-18(15,19)17-5/h8H,6-7H2,1-5H3,(H,15,19)/p-1. The molecule has 0 aliphatic rings. The predicted molar refractivity (Wildman–Crippen MR) is 77.1 cm³/mol. The molecule has 0 N–H and O–H groups in total. The van der Waals surface area contributed by atoms with Gasteiger partial charge in [0, 0.05) is 24.3 Å². The van der Waals surface area contributed by atoms with Crippen molar-refractivity contribution < 1.29 is 14.2 Å². The highest BCUT2D eigenvalue weighted by molar-refractivity contribution is 8.08. The van der Waals surface area contributed by atoms with Gasteiger partial charge in [-0.05, 0) is 19.1 Å². The van der Waals surface area contributed by atoms with Crippen molar-refractivity contribution in [2.45, 2.75) is 32.6 Å². The molecule has 0 aliphatic carbocycles. The van der Waals surface area contributed by atoms with Crippen LogP contribution >= 0.6 is 6.49 Å². The fourth-order valence-corrected chi connectivity index (χ4v) is 2.34. The van der Waals surface area contributed by atoms with Crippen LogP contribution in [0.4, 0.5) is 0 Å². The zero-order valence-corrected chi connectivity index (χ0v) is 13.7. The van der Waals surface area contributed by atoms with Crippen molar-refractivity contribution in [3.05, 3.63) is 17.6 Å². The molecule has 1 aromatic rings. The summed E-state index contributed by atoms with van der Waals surface area (Å²) in [7, 11) is 2.93. The number of aryl methyl sites for hydroxylation is 1. The summed E-state index contributed by atoms with van der Waals surface area (Å²) in [5, 5.41) is 0. The molecule has 108 valence electrons. The maximum atomic E-state index is 11.7. The van der Waals surface area contributed by atoms with Crippen LogP contribution in [0.15, 0.2) is 6.07 Å². The van der Waals surface area contributed by atoms with Crippen LogP contribution in [0.3, 0.4) is 0 Å². The van der Waals surface area contributed by atoms with Gasteiger partial charge >= 0.3 is 0 Å². The van der Waals surface area contributed by atoms with Gasteiger partial charge in [-0.25, -0.2) is 4.98 Å². The van der Waals surface area contributed by atoms with Crippen molar-refractivity contribution >= 4 is 18.3 Å². The lowest BCUT2D eigenvalue weighted by Gasteiger charge is -2.25. The number of rotatable bonds is 5. The molecule has 1 heterocycles. The molecular weight excluding hydrogens is 283 g/mol. The lowest BCUT2D eigenvalue weighted by atomic mass is 9.95. The van der Waals surface area contributed by atoms with Gasteiger partial charge in [-0.3, -0.25) is 0 Å². The van der Waals surface area contributed by atoms with Gasteiger partial charge < -0.3 is 14.2 Å². The molecule has 1 aromatic heterocycles. The van der Waals surface area contributed by atoms with Crippen LogP contribution in [-0.2, 0) is 28.2 Å². The summed E-state index contributed by atoms with van der Waals surface area (Å²) in [6.45, 7) is 3.14. The van der Waals surface area contributed by atoms with Gasteiger partial charge in [-0.2, -0.15) is 4.98 Å². The fourth-order valence-electron chi connectivity index (χ4n) is 1.38. The zero-order chi connectivity index (χ0) is 14.7. The first-order valence-electron chi connectivity index (χ1n) is 5.96. The van der Waals surface area contributed by atoms with Crippen molar-refractivity contribution in [2.24, 2.45) is 0 Å². The number of nitrogens with zero attached hydrogens (tertiary/aromatic N) is 2. The van der Waals surface area contributed by atoms with Crippen LogP contribution in [0.25, 0.3) is 0 Å². The third-order valence-electron chi connectivity index (χ3n) is 2.56. The Balaban J connectivity index is 2.98. The van der Waals surface area contributed by atoms with Crippen LogP contribution in [0.1, 0.15) is 32.3 Å². The molecule has 1 unspecified atom stereocenters. The van der Waals surface area contributed by atoms with E-state index >= 15 is 0 Å². The second-order valence-corrected chi connectivity index (χ2v) is 8.95. The van der Waals surface area contributed by atoms with E-state index in [-0.39, 0.29) is 11.6 Å². The molecule has 0 aromatic carbocycles. The third kappa shape index (κ3) is 5.15. The van der Waals surface area contributed by atoms with E-state index in [1.165, 1.54) is 7.11 Å². The van der Waals surface area contributed by atoms with Crippen LogP contribution < -0.4 is 9.63 Å². The predicted octanol–water partition coefficient (Wildman–Crippen LogP) is 1.64. The summed E-state index contributed by atoms with van der Waals surface area (Å²) < 4.78 is 9.98. The van der Waals surface area contributed by atoms with Crippen molar-refractivity contribution in [1.82, 2.24) is 9.97 Å². The molecule has 7 heteroatoms. The number of ether oxygens (including phenoxy) is 1. The lowest BCUT2D eigenvalue weighted by Crippen LogP contribution is -2.18. The van der Waals surface area contributed by atoms with Gasteiger partial charge in [0.05, 0.1) is 7.11 Å². The molecule has 0 saturated carbocycles. The average molecular weight is 303 g/mol. The molecular formula is C12H20N2O3PS-. The van der Waals surface area contributed by atoms with Gasteiger partial charge in [0.15, 0.2) is 0 Å². The Morgan fingerprint density at radius 1 is 1.32 bits per heavy atom. The van der Waals surface area contributed by atoms with E-state index in [9.17, 15) is 4.89 Å². The number of aromatic nitrogens is 2. The average Bonchev–Trinajstić information content (AvgIpc) is 2.35. The number of hydrogen-bond donors (Lipinski definition) is 0. The molecule has 0 saturated heterocycles. The molecule has 0 fully saturated rings. The van der Waals surface area contributed by atoms with Crippen LogP contribution in [0.2, 0.25) is 0 Å². The van der Waals surface area contributed by atoms with E-state index in [0.29, 0.717) is 18.1 Å². The Hall–Kier alpha value is -0.550. The highest BCUT2D eigenvalue weighted by Gasteiger charge is 2.19. The van der Waals surface area contributed by atoms with Gasteiger partial charge in [-0.15, -0.1) is 0 Å². The molecule has 0 aliphatic heterocycles. The Labute approximate surface area is 119 Å². The Kier molecular flexibility index (Phi) is 5.44. The first-order valence-corrected chi connectivity index (χ1v) is 8.78. The zero-order valence-electron chi connectivity index (χ0n) is 12.0. The highest BCUT2D eigenvalue weighted by atomic mass is 32.5. The normalized spacial score (nSPS) is 15.1. The molecule has 1 rings (SSSR count). The van der Waals surface area contributed by atoms with Crippen molar-refractivity contribution in [3.63, 3.8) is 0 Å². The van der Waals surface area contributed by atoms with Crippen molar-refractivity contribution in [1.29, 1.82) is 0 Å². The molecule has 0 radical (unpaired) electrons. The Morgan fingerprint density at radius 2 is 1.95 bits per heavy atom. The largest absolute Gasteiger partial charge is 0.801 e. The Bertz CT molecular complexity index is 488. The maximum absolute atomic E-state index is 11.7. The van der Waals surface area contributed by atoms with Crippen LogP contribution in [0, 0.1) is 0 Å². The SMILES string of the molecule is COc1cc(CCP([O-])(=S)OC)nc(C(C)(C)C)n1. The second kappa shape index (κ2) is 6.27. The smallest absolute Gasteiger partial charge is 0.216 e. The molecule has 0 amide bonds. The fraction of sp³-hybridized carbons (Fsp3) is 0.667. The second-order valence-electron chi connectivity index (χ2n) is 5.24. The molecule has 19 heavy (non-hydrogen) atoms. The van der Waals surface area contributed by atoms with E-state index in [0.717, 1.165) is 5.69 Å². The molecule has 0 bridgehead atoms. The summed E-state index contributed by atoms with van der Waals surface area (Å²) >= 11 is 4.87. The first kappa shape index (κ1) is 16.5. The lowest BCUT2D eigenvalue weighted by molar-refractivity contribution is -0.180. The minimum absolute atomic E-state index is 0.178. The first-order chi connectivity index (χ1) is 8.68. The highest BCUT2D eigenvalue weighted by Crippen LogP contribution is 2.36. The minimum atomic E-state index is -2.94. The van der Waals surface area contributed by atoms with Gasteiger partial charge in [-0.1, -0.05) is 32.6 Å². The maximum Gasteiger partial charge on any atom is 0.216 e. The van der Waals surface area contributed by atoms with Crippen molar-refractivity contribution in [3.8, 4) is 5.88 Å². The van der Waals surface area contributed by atoms with Crippen LogP contribution in [0.5, 0.6) is 5.88 Å². The minimum Gasteiger partial charge on any atom is -0.801 e. The third-order valence-corrected chi connectivity index (χ3v) is 4.88. The summed E-state index contributed by atoms with van der Waals surface area (Å²) in [6, 6.07) is 1.74. The molecule has 5 nitrogen and oxygen atoms in total. The van der Waals surface area contributed by atoms with Crippen molar-refractivity contribution in [2.75, 3.05) is 20.4 Å². The monoisotopic (exact) mass is 303 g/mol. The molecule has 0 spiro atoms. The number of hydrogen-bond acceptors (Lipinski definition) is 6. The number of methoxy groups -OCH3 is 1. The van der Waals surface area contributed by atoms with Gasteiger partial charge in [0.25, 0.3) is 0 Å². The topological polar surface area (TPSA) is 67.3 Å². The summed E-state index contributed by atoms with van der Waals surface area (Å²) in [5.41, 5.74) is 0.585. The van der Waals surface area contributed by atoms with E-state index < -0.39 is 6.49 Å².